The molecule has 39 heavy (non-hydrogen) atoms. The quantitative estimate of drug-likeness (QED) is 0.366. The van der Waals surface area contributed by atoms with E-state index in [1.165, 1.54) is 6.07 Å². The summed E-state index contributed by atoms with van der Waals surface area (Å²) >= 11 is 0. The van der Waals surface area contributed by atoms with Crippen LogP contribution in [0.5, 0.6) is 17.4 Å². The molecule has 4 aromatic rings. The van der Waals surface area contributed by atoms with E-state index in [1.807, 2.05) is 44.3 Å². The molecular formula is C30H30N6O3. The molecular weight excluding hydrogens is 492 g/mol. The minimum absolute atomic E-state index is 0.00422. The van der Waals surface area contributed by atoms with Gasteiger partial charge in [-0.1, -0.05) is 24.3 Å². The molecule has 2 aromatic heterocycles. The summed E-state index contributed by atoms with van der Waals surface area (Å²) in [6.45, 7) is 6.21. The Balaban J connectivity index is 1.35. The second-order valence-electron chi connectivity index (χ2n) is 9.65. The van der Waals surface area contributed by atoms with Crippen LogP contribution in [-0.2, 0) is 6.42 Å². The van der Waals surface area contributed by atoms with E-state index < -0.39 is 0 Å². The third kappa shape index (κ3) is 5.92. The zero-order chi connectivity index (χ0) is 27.4. The van der Waals surface area contributed by atoms with Crippen molar-refractivity contribution in [2.75, 3.05) is 26.2 Å². The number of carbonyl (C=O) groups is 1. The Hall–Kier alpha value is -4.68. The third-order valence-electron chi connectivity index (χ3n) is 6.93. The number of hydrogen-bond acceptors (Lipinski definition) is 7. The minimum atomic E-state index is -0.166. The lowest BCUT2D eigenvalue weighted by Crippen LogP contribution is -2.50. The molecule has 2 aromatic carbocycles. The van der Waals surface area contributed by atoms with Gasteiger partial charge in [0.15, 0.2) is 0 Å². The van der Waals surface area contributed by atoms with Crippen LogP contribution in [0.15, 0.2) is 66.9 Å². The summed E-state index contributed by atoms with van der Waals surface area (Å²) in [6, 6.07) is 20.0. The van der Waals surface area contributed by atoms with Crippen molar-refractivity contribution in [2.24, 2.45) is 0 Å². The number of aryl methyl sites for hydroxylation is 2. The van der Waals surface area contributed by atoms with Crippen LogP contribution in [0.1, 0.15) is 44.7 Å². The van der Waals surface area contributed by atoms with E-state index in [-0.39, 0.29) is 17.7 Å². The summed E-state index contributed by atoms with van der Waals surface area (Å²) in [6.07, 6.45) is 2.51. The number of imidazole rings is 1. The van der Waals surface area contributed by atoms with E-state index in [1.54, 1.807) is 35.2 Å². The van der Waals surface area contributed by atoms with Crippen molar-refractivity contribution in [2.45, 2.75) is 26.3 Å². The maximum atomic E-state index is 13.0. The number of carbonyl (C=O) groups excluding carboxylic acids is 1. The van der Waals surface area contributed by atoms with Gasteiger partial charge in [0.1, 0.15) is 23.4 Å². The molecule has 0 radical (unpaired) electrons. The van der Waals surface area contributed by atoms with Gasteiger partial charge in [0.25, 0.3) is 5.91 Å². The van der Waals surface area contributed by atoms with Gasteiger partial charge in [-0.15, -0.1) is 0 Å². The molecule has 9 nitrogen and oxygen atoms in total. The Morgan fingerprint density at radius 1 is 1.10 bits per heavy atom. The summed E-state index contributed by atoms with van der Waals surface area (Å²) in [5, 5.41) is 19.8. The number of nitrogens with zero attached hydrogens (tertiary/aromatic N) is 5. The third-order valence-corrected chi connectivity index (χ3v) is 6.93. The molecule has 3 heterocycles. The maximum absolute atomic E-state index is 13.0. The fourth-order valence-electron chi connectivity index (χ4n) is 4.89. The second-order valence-corrected chi connectivity index (χ2v) is 9.65. The van der Waals surface area contributed by atoms with Gasteiger partial charge in [-0.05, 0) is 56.2 Å². The number of hydrogen-bond donors (Lipinski definition) is 2. The first-order chi connectivity index (χ1) is 18.9. The smallest absolute Gasteiger partial charge is 0.257 e. The summed E-state index contributed by atoms with van der Waals surface area (Å²) in [5.74, 6) is 1.56. The number of phenolic OH excluding ortho intramolecular Hbond substituents is 1. The summed E-state index contributed by atoms with van der Waals surface area (Å²) in [7, 11) is 0. The van der Waals surface area contributed by atoms with Gasteiger partial charge in [-0.25, -0.2) is 9.97 Å². The molecule has 9 heteroatoms. The van der Waals surface area contributed by atoms with Gasteiger partial charge in [0.05, 0.1) is 22.9 Å². The summed E-state index contributed by atoms with van der Waals surface area (Å²) in [4.78, 5) is 29.3. The van der Waals surface area contributed by atoms with Crippen LogP contribution in [0, 0.1) is 25.2 Å². The number of ether oxygens (including phenoxy) is 1. The molecule has 0 spiro atoms. The first kappa shape index (κ1) is 25.9. The number of para-hydroxylation sites is 1. The Bertz CT molecular complexity index is 1520. The fourth-order valence-corrected chi connectivity index (χ4v) is 4.89. The molecule has 5 rings (SSSR count). The van der Waals surface area contributed by atoms with Crippen LogP contribution in [0.2, 0.25) is 0 Å². The van der Waals surface area contributed by atoms with Crippen molar-refractivity contribution >= 4 is 5.91 Å². The molecule has 198 valence electrons. The van der Waals surface area contributed by atoms with Crippen LogP contribution in [0.3, 0.4) is 0 Å². The maximum Gasteiger partial charge on any atom is 0.257 e. The minimum Gasteiger partial charge on any atom is -0.507 e. The highest BCUT2D eigenvalue weighted by Crippen LogP contribution is 2.30. The number of H-pyrrole nitrogens is 1. The Labute approximate surface area is 227 Å². The van der Waals surface area contributed by atoms with E-state index in [0.717, 1.165) is 22.8 Å². The first-order valence-corrected chi connectivity index (χ1v) is 12.9. The van der Waals surface area contributed by atoms with Crippen molar-refractivity contribution in [1.29, 1.82) is 5.26 Å². The normalized spacial score (nSPS) is 14.5. The number of aromatic nitrogens is 3. The number of phenols is 1. The predicted octanol–water partition coefficient (Wildman–Crippen LogP) is 4.53. The number of pyridine rings is 1. The molecule has 1 aliphatic rings. The largest absolute Gasteiger partial charge is 0.507 e. The van der Waals surface area contributed by atoms with E-state index >= 15 is 0 Å². The second kappa shape index (κ2) is 11.4. The van der Waals surface area contributed by atoms with Crippen LogP contribution in [0.4, 0.5) is 0 Å². The molecule has 1 aliphatic heterocycles. The SMILES string of the molecule is Cc1cccc(Oc2cc(CC(c3cnc(C)[nH]3)N3CCN(C(=O)c4ccccc4O)CC3)ccc2C#N)n1. The highest BCUT2D eigenvalue weighted by atomic mass is 16.5. The van der Waals surface area contributed by atoms with Crippen LogP contribution in [-0.4, -0.2) is 61.9 Å². The number of piperazine rings is 1. The molecule has 0 bridgehead atoms. The number of aromatic amines is 1. The van der Waals surface area contributed by atoms with Crippen LogP contribution in [0.25, 0.3) is 0 Å². The zero-order valence-corrected chi connectivity index (χ0v) is 22.0. The Morgan fingerprint density at radius 2 is 1.90 bits per heavy atom. The van der Waals surface area contributed by atoms with Crippen LogP contribution < -0.4 is 4.74 Å². The summed E-state index contributed by atoms with van der Waals surface area (Å²) < 4.78 is 6.02. The number of nitriles is 1. The van der Waals surface area contributed by atoms with Crippen molar-refractivity contribution in [3.63, 3.8) is 0 Å². The van der Waals surface area contributed by atoms with E-state index in [9.17, 15) is 15.2 Å². The topological polar surface area (TPSA) is 118 Å². The van der Waals surface area contributed by atoms with Gasteiger partial charge in [0.2, 0.25) is 5.88 Å². The van der Waals surface area contributed by atoms with E-state index in [4.69, 9.17) is 4.74 Å². The molecule has 1 saturated heterocycles. The Kier molecular flexibility index (Phi) is 7.57. The number of benzene rings is 2. The lowest BCUT2D eigenvalue weighted by molar-refractivity contribution is 0.0560. The predicted molar refractivity (Wildman–Crippen MR) is 146 cm³/mol. The van der Waals surface area contributed by atoms with Gasteiger partial charge in [-0.2, -0.15) is 5.26 Å². The molecule has 0 saturated carbocycles. The van der Waals surface area contributed by atoms with Crippen molar-refractivity contribution in [3.05, 3.63) is 101 Å². The Morgan fingerprint density at radius 3 is 2.59 bits per heavy atom. The average Bonchev–Trinajstić information content (AvgIpc) is 3.38. The number of nitrogens with one attached hydrogen (secondary N) is 1. The van der Waals surface area contributed by atoms with E-state index in [0.29, 0.717) is 55.4 Å². The molecule has 1 amide bonds. The highest BCUT2D eigenvalue weighted by Gasteiger charge is 2.29. The van der Waals surface area contributed by atoms with Gasteiger partial charge < -0.3 is 19.7 Å². The number of amides is 1. The average molecular weight is 523 g/mol. The van der Waals surface area contributed by atoms with Crippen molar-refractivity contribution < 1.29 is 14.6 Å². The van der Waals surface area contributed by atoms with Gasteiger partial charge in [0, 0.05) is 44.1 Å². The number of rotatable bonds is 7. The van der Waals surface area contributed by atoms with Crippen LogP contribution >= 0.6 is 0 Å². The fraction of sp³-hybridized carbons (Fsp3) is 0.267. The van der Waals surface area contributed by atoms with Crippen molar-refractivity contribution in [3.8, 4) is 23.4 Å². The van der Waals surface area contributed by atoms with Gasteiger partial charge >= 0.3 is 0 Å². The molecule has 2 N–H and O–H groups in total. The monoisotopic (exact) mass is 522 g/mol. The molecule has 1 atom stereocenters. The highest BCUT2D eigenvalue weighted by molar-refractivity contribution is 5.96. The lowest BCUT2D eigenvalue weighted by Gasteiger charge is -2.39. The van der Waals surface area contributed by atoms with E-state index in [2.05, 4.69) is 25.9 Å². The van der Waals surface area contributed by atoms with Gasteiger partial charge in [-0.3, -0.25) is 9.69 Å². The molecule has 0 aliphatic carbocycles. The molecule has 1 fully saturated rings. The van der Waals surface area contributed by atoms with Crippen molar-refractivity contribution in [1.82, 2.24) is 24.8 Å². The first-order valence-electron chi connectivity index (χ1n) is 12.9. The summed E-state index contributed by atoms with van der Waals surface area (Å²) in [5.41, 5.74) is 3.57. The molecule has 1 unspecified atom stereocenters. The zero-order valence-electron chi connectivity index (χ0n) is 22.0. The lowest BCUT2D eigenvalue weighted by atomic mass is 9.99. The number of aromatic hydroxyl groups is 1. The standard InChI is InChI=1S/C30H30N6O3/c1-20-6-5-9-29(33-20)39-28-17-22(10-11-23(28)18-31)16-26(25-19-32-21(2)34-25)35-12-14-36(15-13-35)30(38)24-7-3-4-8-27(24)37/h3-11,17,19,26,37H,12-16H2,1-2H3,(H,32,34).